The summed E-state index contributed by atoms with van der Waals surface area (Å²) >= 11 is 3.36. The largest absolute Gasteiger partial charge is 0.456 e. The topological polar surface area (TPSA) is 92.8 Å². The maximum absolute atomic E-state index is 12.6. The predicted octanol–water partition coefficient (Wildman–Crippen LogP) is 2.66. The summed E-state index contributed by atoms with van der Waals surface area (Å²) in [7, 11) is 0. The molecule has 2 aliphatic carbocycles. The smallest absolute Gasteiger partial charge is 0.308 e. The summed E-state index contributed by atoms with van der Waals surface area (Å²) in [6.45, 7) is 1.47. The van der Waals surface area contributed by atoms with Crippen LogP contribution in [0.3, 0.4) is 0 Å². The van der Waals surface area contributed by atoms with Gasteiger partial charge in [0.15, 0.2) is 6.61 Å². The summed E-state index contributed by atoms with van der Waals surface area (Å²) in [4.78, 5) is 50.5. The van der Waals surface area contributed by atoms with Crippen molar-refractivity contribution in [2.75, 3.05) is 18.5 Å². The van der Waals surface area contributed by atoms with Gasteiger partial charge >= 0.3 is 5.97 Å². The lowest BCUT2D eigenvalue weighted by Gasteiger charge is -2.19. The lowest BCUT2D eigenvalue weighted by atomic mass is 9.81. The first-order valence-corrected chi connectivity index (χ1v) is 10.7. The molecule has 1 aromatic rings. The third-order valence-corrected chi connectivity index (χ3v) is 6.88. The number of hydrogen-bond donors (Lipinski definition) is 1. The number of nitrogens with zero attached hydrogens (tertiary/aromatic N) is 1. The SMILES string of the molecule is Cc1cc(Br)ccc1NC(=O)COC(=O)CCN1C(=O)[C@@H]2[C@H]3CC[C@@H](C3)[C@H]2C1=O. The van der Waals surface area contributed by atoms with Crippen molar-refractivity contribution in [3.63, 3.8) is 0 Å². The van der Waals surface area contributed by atoms with Crippen LogP contribution in [0.15, 0.2) is 22.7 Å². The van der Waals surface area contributed by atoms with Gasteiger partial charge in [0.1, 0.15) is 0 Å². The highest BCUT2D eigenvalue weighted by atomic mass is 79.9. The highest BCUT2D eigenvalue weighted by Crippen LogP contribution is 2.56. The number of likely N-dealkylation sites (tertiary alicyclic amines) is 1. The Labute approximate surface area is 177 Å². The van der Waals surface area contributed by atoms with E-state index in [1.165, 1.54) is 4.90 Å². The number of imide groups is 1. The molecule has 2 bridgehead atoms. The van der Waals surface area contributed by atoms with Gasteiger partial charge in [0, 0.05) is 16.7 Å². The molecule has 4 rings (SSSR count). The molecule has 7 nitrogen and oxygen atoms in total. The first kappa shape index (κ1) is 20.1. The predicted molar refractivity (Wildman–Crippen MR) is 108 cm³/mol. The molecule has 1 aliphatic heterocycles. The zero-order chi connectivity index (χ0) is 20.7. The Morgan fingerprint density at radius 1 is 1.17 bits per heavy atom. The average Bonchev–Trinajstić information content (AvgIpc) is 3.35. The highest BCUT2D eigenvalue weighted by molar-refractivity contribution is 9.10. The van der Waals surface area contributed by atoms with Crippen LogP contribution in [0.25, 0.3) is 0 Å². The molecule has 3 amide bonds. The van der Waals surface area contributed by atoms with E-state index in [9.17, 15) is 19.2 Å². The minimum absolute atomic E-state index is 0.0242. The summed E-state index contributed by atoms with van der Waals surface area (Å²) in [6, 6.07) is 5.43. The number of halogens is 1. The molecule has 3 aliphatic rings. The first-order valence-electron chi connectivity index (χ1n) is 9.92. The summed E-state index contributed by atoms with van der Waals surface area (Å²) in [5.41, 5.74) is 1.52. The molecule has 3 fully saturated rings. The maximum atomic E-state index is 12.6. The molecule has 0 unspecified atom stereocenters. The van der Waals surface area contributed by atoms with Gasteiger partial charge in [-0.3, -0.25) is 24.1 Å². The number of benzene rings is 1. The monoisotopic (exact) mass is 462 g/mol. The normalized spacial score (nSPS) is 27.3. The first-order chi connectivity index (χ1) is 13.8. The van der Waals surface area contributed by atoms with E-state index in [1.807, 2.05) is 13.0 Å². The van der Waals surface area contributed by atoms with Gasteiger partial charge in [-0.15, -0.1) is 0 Å². The molecule has 154 valence electrons. The van der Waals surface area contributed by atoms with Crippen molar-refractivity contribution < 1.29 is 23.9 Å². The number of aryl methyl sites for hydroxylation is 1. The number of carbonyl (C=O) groups excluding carboxylic acids is 4. The molecule has 1 N–H and O–H groups in total. The zero-order valence-corrected chi connectivity index (χ0v) is 17.7. The number of fused-ring (bicyclic) bond motifs is 5. The second kappa shape index (κ2) is 7.89. The molecular weight excluding hydrogens is 440 g/mol. The van der Waals surface area contributed by atoms with E-state index in [1.54, 1.807) is 12.1 Å². The van der Waals surface area contributed by atoms with E-state index in [4.69, 9.17) is 4.74 Å². The molecule has 1 saturated heterocycles. The standard InChI is InChI=1S/C21H23BrN2O5/c1-11-8-14(22)4-5-15(11)23-16(25)10-29-17(26)6-7-24-20(27)18-12-2-3-13(9-12)19(18)21(24)28/h4-5,8,12-13,18-19H,2-3,6-7,9-10H2,1H3,(H,23,25)/t12-,13-,18+,19+/m0/s1. The number of carbonyl (C=O) groups is 4. The van der Waals surface area contributed by atoms with E-state index in [2.05, 4.69) is 21.2 Å². The number of ether oxygens (including phenoxy) is 1. The lowest BCUT2D eigenvalue weighted by Crippen LogP contribution is -2.35. The van der Waals surface area contributed by atoms with Crippen molar-refractivity contribution in [3.8, 4) is 0 Å². The Kier molecular flexibility index (Phi) is 5.46. The summed E-state index contributed by atoms with van der Waals surface area (Å²) in [5.74, 6) is -1.04. The fraction of sp³-hybridized carbons (Fsp3) is 0.524. The molecular formula is C21H23BrN2O5. The number of nitrogens with one attached hydrogen (secondary N) is 1. The van der Waals surface area contributed by atoms with Gasteiger partial charge in [-0.25, -0.2) is 0 Å². The third-order valence-electron chi connectivity index (χ3n) is 6.39. The van der Waals surface area contributed by atoms with Crippen LogP contribution in [-0.2, 0) is 23.9 Å². The van der Waals surface area contributed by atoms with E-state index in [0.29, 0.717) is 17.5 Å². The van der Waals surface area contributed by atoms with E-state index in [0.717, 1.165) is 29.3 Å². The van der Waals surface area contributed by atoms with E-state index >= 15 is 0 Å². The number of amides is 3. The van der Waals surface area contributed by atoms with Crippen molar-refractivity contribution >= 4 is 45.3 Å². The van der Waals surface area contributed by atoms with Crippen LogP contribution in [0.1, 0.15) is 31.2 Å². The molecule has 0 aromatic heterocycles. The van der Waals surface area contributed by atoms with Gasteiger partial charge in [0.25, 0.3) is 5.91 Å². The van der Waals surface area contributed by atoms with E-state index < -0.39 is 18.5 Å². The van der Waals surface area contributed by atoms with Gasteiger partial charge in [-0.05, 0) is 61.8 Å². The summed E-state index contributed by atoms with van der Waals surface area (Å²) in [5, 5.41) is 2.69. The number of anilines is 1. The van der Waals surface area contributed by atoms with Crippen LogP contribution in [-0.4, -0.2) is 41.7 Å². The van der Waals surface area contributed by atoms with Gasteiger partial charge in [0.05, 0.1) is 18.3 Å². The van der Waals surface area contributed by atoms with E-state index in [-0.39, 0.29) is 36.6 Å². The Balaban J connectivity index is 1.24. The van der Waals surface area contributed by atoms with Crippen LogP contribution >= 0.6 is 15.9 Å². The highest BCUT2D eigenvalue weighted by Gasteiger charge is 2.60. The van der Waals surface area contributed by atoms with Gasteiger partial charge in [-0.1, -0.05) is 15.9 Å². The lowest BCUT2D eigenvalue weighted by molar-refractivity contribution is -0.149. The van der Waals surface area contributed by atoms with Gasteiger partial charge < -0.3 is 10.1 Å². The van der Waals surface area contributed by atoms with Crippen molar-refractivity contribution in [2.24, 2.45) is 23.7 Å². The summed E-state index contributed by atoms with van der Waals surface area (Å²) < 4.78 is 5.91. The fourth-order valence-electron chi connectivity index (χ4n) is 5.07. The molecule has 2 saturated carbocycles. The van der Waals surface area contributed by atoms with Crippen LogP contribution in [0.4, 0.5) is 5.69 Å². The Morgan fingerprint density at radius 2 is 1.83 bits per heavy atom. The number of esters is 1. The minimum Gasteiger partial charge on any atom is -0.456 e. The molecule has 1 heterocycles. The Bertz CT molecular complexity index is 858. The second-order valence-electron chi connectivity index (χ2n) is 8.13. The molecule has 4 atom stereocenters. The summed E-state index contributed by atoms with van der Waals surface area (Å²) in [6.07, 6.45) is 2.92. The van der Waals surface area contributed by atoms with Crippen LogP contribution in [0, 0.1) is 30.6 Å². The van der Waals surface area contributed by atoms with Crippen molar-refractivity contribution in [1.82, 2.24) is 4.90 Å². The molecule has 0 spiro atoms. The van der Waals surface area contributed by atoms with Crippen molar-refractivity contribution in [2.45, 2.75) is 32.6 Å². The van der Waals surface area contributed by atoms with Crippen LogP contribution in [0.2, 0.25) is 0 Å². The van der Waals surface area contributed by atoms with Crippen LogP contribution < -0.4 is 5.32 Å². The Morgan fingerprint density at radius 3 is 2.45 bits per heavy atom. The third kappa shape index (κ3) is 3.82. The Hall–Kier alpha value is -2.22. The molecule has 8 heteroatoms. The minimum atomic E-state index is -0.603. The van der Waals surface area contributed by atoms with Gasteiger partial charge in [0.2, 0.25) is 11.8 Å². The number of rotatable bonds is 6. The average molecular weight is 463 g/mol. The van der Waals surface area contributed by atoms with Crippen molar-refractivity contribution in [1.29, 1.82) is 0 Å². The molecule has 1 aromatic carbocycles. The number of hydrogen-bond acceptors (Lipinski definition) is 5. The van der Waals surface area contributed by atoms with Crippen LogP contribution in [0.5, 0.6) is 0 Å². The quantitative estimate of drug-likeness (QED) is 0.518. The zero-order valence-electron chi connectivity index (χ0n) is 16.2. The van der Waals surface area contributed by atoms with Crippen molar-refractivity contribution in [3.05, 3.63) is 28.2 Å². The van der Waals surface area contributed by atoms with Gasteiger partial charge in [-0.2, -0.15) is 0 Å². The molecule has 29 heavy (non-hydrogen) atoms. The fourth-order valence-corrected chi connectivity index (χ4v) is 5.54. The molecule has 0 radical (unpaired) electrons. The second-order valence-corrected chi connectivity index (χ2v) is 9.05. The maximum Gasteiger partial charge on any atom is 0.308 e.